The highest BCUT2D eigenvalue weighted by Crippen LogP contribution is 2.45. The van der Waals surface area contributed by atoms with Crippen molar-refractivity contribution in [2.75, 3.05) is 7.11 Å². The van der Waals surface area contributed by atoms with Crippen LogP contribution < -0.4 is 10.5 Å². The van der Waals surface area contributed by atoms with Gasteiger partial charge in [0, 0.05) is 11.0 Å². The predicted molar refractivity (Wildman–Crippen MR) is 78.0 cm³/mol. The molecule has 1 aromatic carbocycles. The molecule has 4 nitrogen and oxygen atoms in total. The summed E-state index contributed by atoms with van der Waals surface area (Å²) in [6, 6.07) is 6.04. The average Bonchev–Trinajstić information content (AvgIpc) is 2.35. The Hall–Kier alpha value is -1.55. The topological polar surface area (TPSA) is 72.5 Å². The highest BCUT2D eigenvalue weighted by molar-refractivity contribution is 5.68. The number of nitrogens with two attached hydrogens (primary N) is 1. The molecule has 1 aromatic rings. The van der Waals surface area contributed by atoms with Crippen LogP contribution in [0.25, 0.3) is 0 Å². The number of methoxy groups -OCH3 is 1. The molecule has 0 bridgehead atoms. The molecule has 4 heteroatoms. The van der Waals surface area contributed by atoms with Crippen LogP contribution in [-0.2, 0) is 17.6 Å². The van der Waals surface area contributed by atoms with Crippen molar-refractivity contribution in [3.8, 4) is 5.75 Å². The van der Waals surface area contributed by atoms with Crippen LogP contribution in [-0.4, -0.2) is 23.7 Å². The molecule has 1 aliphatic carbocycles. The lowest BCUT2D eigenvalue weighted by atomic mass is 9.60. The van der Waals surface area contributed by atoms with E-state index in [-0.39, 0.29) is 6.42 Å². The van der Waals surface area contributed by atoms with Crippen LogP contribution in [0.15, 0.2) is 18.2 Å². The molecular formula is C16H23NO3. The zero-order valence-corrected chi connectivity index (χ0v) is 12.4. The van der Waals surface area contributed by atoms with Gasteiger partial charge in [-0.2, -0.15) is 0 Å². The first-order chi connectivity index (χ1) is 9.27. The number of aryl methyl sites for hydroxylation is 1. The Balaban J connectivity index is 2.40. The molecule has 0 fully saturated rings. The monoisotopic (exact) mass is 277 g/mol. The normalized spacial score (nSPS) is 22.2. The molecule has 0 saturated carbocycles. The fourth-order valence-corrected chi connectivity index (χ4v) is 3.18. The lowest BCUT2D eigenvalue weighted by Crippen LogP contribution is -2.54. The van der Waals surface area contributed by atoms with Gasteiger partial charge in [0.2, 0.25) is 0 Å². The van der Waals surface area contributed by atoms with Gasteiger partial charge in [-0.05, 0) is 56.4 Å². The third kappa shape index (κ3) is 2.66. The van der Waals surface area contributed by atoms with Gasteiger partial charge in [-0.3, -0.25) is 4.79 Å². The van der Waals surface area contributed by atoms with E-state index >= 15 is 0 Å². The van der Waals surface area contributed by atoms with Gasteiger partial charge in [0.1, 0.15) is 5.75 Å². The maximum atomic E-state index is 11.3. The molecule has 0 heterocycles. The van der Waals surface area contributed by atoms with Crippen molar-refractivity contribution < 1.29 is 14.6 Å². The Morgan fingerprint density at radius 2 is 2.15 bits per heavy atom. The van der Waals surface area contributed by atoms with Gasteiger partial charge in [0.15, 0.2) is 0 Å². The van der Waals surface area contributed by atoms with E-state index in [1.54, 1.807) is 7.11 Å². The zero-order chi connectivity index (χ0) is 15.0. The smallest absolute Gasteiger partial charge is 0.303 e. The Kier molecular flexibility index (Phi) is 3.78. The summed E-state index contributed by atoms with van der Waals surface area (Å²) >= 11 is 0. The van der Waals surface area contributed by atoms with Crippen LogP contribution in [0, 0.1) is 5.41 Å². The van der Waals surface area contributed by atoms with Gasteiger partial charge in [-0.25, -0.2) is 0 Å². The second kappa shape index (κ2) is 5.09. The highest BCUT2D eigenvalue weighted by Gasteiger charge is 2.46. The molecule has 20 heavy (non-hydrogen) atoms. The first kappa shape index (κ1) is 14.9. The van der Waals surface area contributed by atoms with Gasteiger partial charge < -0.3 is 15.6 Å². The highest BCUT2D eigenvalue weighted by atomic mass is 16.5. The second-order valence-corrected chi connectivity index (χ2v) is 6.38. The number of hydrogen-bond acceptors (Lipinski definition) is 3. The summed E-state index contributed by atoms with van der Waals surface area (Å²) in [6.45, 7) is 3.86. The Morgan fingerprint density at radius 3 is 2.70 bits per heavy atom. The number of benzene rings is 1. The van der Waals surface area contributed by atoms with Gasteiger partial charge >= 0.3 is 5.97 Å². The standard InChI is InChI=1S/C16H23NO3/c1-15(2,17)16(10-14(18)19)7-6-11-4-5-13(20-3)8-12(11)9-16/h4-5,8H,6-7,9-10,17H2,1-3H3,(H,18,19). The molecule has 3 N–H and O–H groups in total. The maximum absolute atomic E-state index is 11.3. The summed E-state index contributed by atoms with van der Waals surface area (Å²) < 4.78 is 5.27. The molecule has 0 radical (unpaired) electrons. The lowest BCUT2D eigenvalue weighted by molar-refractivity contribution is -0.141. The quantitative estimate of drug-likeness (QED) is 0.886. The first-order valence-corrected chi connectivity index (χ1v) is 6.94. The van der Waals surface area contributed by atoms with Gasteiger partial charge in [0.25, 0.3) is 0 Å². The van der Waals surface area contributed by atoms with Crippen molar-refractivity contribution in [2.45, 2.75) is 45.1 Å². The van der Waals surface area contributed by atoms with Crippen molar-refractivity contribution in [1.29, 1.82) is 0 Å². The Bertz CT molecular complexity index is 519. The molecule has 0 saturated heterocycles. The maximum Gasteiger partial charge on any atom is 0.303 e. The number of carbonyl (C=O) groups is 1. The summed E-state index contributed by atoms with van der Waals surface area (Å²) in [4.78, 5) is 11.3. The molecule has 110 valence electrons. The van der Waals surface area contributed by atoms with E-state index in [1.165, 1.54) is 5.56 Å². The summed E-state index contributed by atoms with van der Waals surface area (Å²) in [5.41, 5.74) is 7.82. The van der Waals surface area contributed by atoms with Gasteiger partial charge in [0.05, 0.1) is 13.5 Å². The minimum atomic E-state index is -0.783. The molecular weight excluding hydrogens is 254 g/mol. The van der Waals surface area contributed by atoms with E-state index in [0.29, 0.717) is 6.42 Å². The Morgan fingerprint density at radius 1 is 1.45 bits per heavy atom. The predicted octanol–water partition coefficient (Wildman–Crippen LogP) is 2.38. The molecule has 1 unspecified atom stereocenters. The van der Waals surface area contributed by atoms with Crippen LogP contribution in [0.4, 0.5) is 0 Å². The van der Waals surface area contributed by atoms with Crippen LogP contribution >= 0.6 is 0 Å². The SMILES string of the molecule is COc1ccc2c(c1)CC(CC(=O)O)(C(C)(C)N)CC2. The summed E-state index contributed by atoms with van der Waals surface area (Å²) in [5, 5.41) is 9.26. The number of fused-ring (bicyclic) bond motifs is 1. The first-order valence-electron chi connectivity index (χ1n) is 6.94. The van der Waals surface area contributed by atoms with Gasteiger partial charge in [-0.15, -0.1) is 0 Å². The largest absolute Gasteiger partial charge is 0.497 e. The zero-order valence-electron chi connectivity index (χ0n) is 12.4. The minimum Gasteiger partial charge on any atom is -0.497 e. The summed E-state index contributed by atoms with van der Waals surface area (Å²) in [5.74, 6) is 0.0274. The van der Waals surface area contributed by atoms with Crippen molar-refractivity contribution in [3.63, 3.8) is 0 Å². The van der Waals surface area contributed by atoms with Crippen LogP contribution in [0.2, 0.25) is 0 Å². The van der Waals surface area contributed by atoms with E-state index in [1.807, 2.05) is 26.0 Å². The fourth-order valence-electron chi connectivity index (χ4n) is 3.18. The molecule has 1 atom stereocenters. The molecule has 2 rings (SSSR count). The molecule has 0 aromatic heterocycles. The summed E-state index contributed by atoms with van der Waals surface area (Å²) in [6.07, 6.45) is 2.47. The van der Waals surface area contributed by atoms with E-state index in [4.69, 9.17) is 10.5 Å². The number of hydrogen-bond donors (Lipinski definition) is 2. The molecule has 0 spiro atoms. The van der Waals surface area contributed by atoms with E-state index in [0.717, 1.165) is 24.2 Å². The van der Waals surface area contributed by atoms with Crippen LogP contribution in [0.5, 0.6) is 5.75 Å². The lowest BCUT2D eigenvalue weighted by Gasteiger charge is -2.47. The molecule has 0 aliphatic heterocycles. The second-order valence-electron chi connectivity index (χ2n) is 6.38. The number of carboxylic acid groups (broad SMARTS) is 1. The van der Waals surface area contributed by atoms with Crippen molar-refractivity contribution >= 4 is 5.97 Å². The van der Waals surface area contributed by atoms with Crippen LogP contribution in [0.1, 0.15) is 37.8 Å². The van der Waals surface area contributed by atoms with E-state index < -0.39 is 16.9 Å². The van der Waals surface area contributed by atoms with Crippen molar-refractivity contribution in [1.82, 2.24) is 0 Å². The third-order valence-corrected chi connectivity index (χ3v) is 4.67. The number of carboxylic acids is 1. The molecule has 1 aliphatic rings. The number of aliphatic carboxylic acids is 1. The van der Waals surface area contributed by atoms with Gasteiger partial charge in [-0.1, -0.05) is 6.07 Å². The fraction of sp³-hybridized carbons (Fsp3) is 0.562. The number of ether oxygens (including phenoxy) is 1. The summed E-state index contributed by atoms with van der Waals surface area (Å²) in [7, 11) is 1.64. The molecule has 0 amide bonds. The minimum absolute atomic E-state index is 0.104. The van der Waals surface area contributed by atoms with Crippen molar-refractivity contribution in [3.05, 3.63) is 29.3 Å². The van der Waals surface area contributed by atoms with Crippen molar-refractivity contribution in [2.24, 2.45) is 11.1 Å². The van der Waals surface area contributed by atoms with E-state index in [2.05, 4.69) is 6.07 Å². The van der Waals surface area contributed by atoms with E-state index in [9.17, 15) is 9.90 Å². The van der Waals surface area contributed by atoms with Crippen LogP contribution in [0.3, 0.4) is 0 Å². The number of rotatable bonds is 4. The average molecular weight is 277 g/mol. The third-order valence-electron chi connectivity index (χ3n) is 4.67. The Labute approximate surface area is 119 Å².